The van der Waals surface area contributed by atoms with Crippen molar-refractivity contribution in [1.82, 2.24) is 10.6 Å². The fourth-order valence-corrected chi connectivity index (χ4v) is 1.86. The van der Waals surface area contributed by atoms with Gasteiger partial charge in [0, 0.05) is 24.1 Å². The molecule has 17 heavy (non-hydrogen) atoms. The van der Waals surface area contributed by atoms with Crippen molar-refractivity contribution in [1.29, 1.82) is 0 Å². The summed E-state index contributed by atoms with van der Waals surface area (Å²) in [5.74, 6) is 0.887. The van der Waals surface area contributed by atoms with Crippen LogP contribution in [-0.4, -0.2) is 19.0 Å². The lowest BCUT2D eigenvalue weighted by molar-refractivity contribution is 0.804. The van der Waals surface area contributed by atoms with Crippen LogP contribution in [0, 0.1) is 0 Å². The van der Waals surface area contributed by atoms with Crippen molar-refractivity contribution in [3.8, 4) is 0 Å². The predicted molar refractivity (Wildman–Crippen MR) is 85.9 cm³/mol. The molecule has 0 saturated heterocycles. The van der Waals surface area contributed by atoms with E-state index < -0.39 is 0 Å². The molecule has 0 amide bonds. The molecule has 2 N–H and O–H groups in total. The van der Waals surface area contributed by atoms with Gasteiger partial charge in [-0.25, -0.2) is 0 Å². The van der Waals surface area contributed by atoms with Crippen LogP contribution in [0.4, 0.5) is 0 Å². The Balaban J connectivity index is 0.00000144. The number of aliphatic imine (C=N–C) groups is 1. The van der Waals surface area contributed by atoms with Gasteiger partial charge < -0.3 is 10.6 Å². The maximum atomic E-state index is 4.19. The number of guanidine groups is 1. The van der Waals surface area contributed by atoms with E-state index in [1.165, 1.54) is 18.4 Å². The zero-order valence-corrected chi connectivity index (χ0v) is 13.7. The lowest BCUT2D eigenvalue weighted by Gasteiger charge is -2.11. The molecule has 94 valence electrons. The highest BCUT2D eigenvalue weighted by atomic mass is 127. The monoisotopic (exact) mass is 409 g/mol. The Morgan fingerprint density at radius 1 is 1.41 bits per heavy atom. The third kappa shape index (κ3) is 4.83. The van der Waals surface area contributed by atoms with Crippen LogP contribution in [0.2, 0.25) is 0 Å². The van der Waals surface area contributed by atoms with Crippen LogP contribution < -0.4 is 10.6 Å². The molecule has 0 aromatic heterocycles. The molecule has 1 aliphatic carbocycles. The van der Waals surface area contributed by atoms with Crippen molar-refractivity contribution in [3.05, 3.63) is 34.3 Å². The van der Waals surface area contributed by atoms with Crippen LogP contribution in [0.5, 0.6) is 0 Å². The highest BCUT2D eigenvalue weighted by molar-refractivity contribution is 14.0. The highest BCUT2D eigenvalue weighted by Crippen LogP contribution is 2.18. The Bertz CT molecular complexity index is 391. The smallest absolute Gasteiger partial charge is 0.191 e. The number of benzene rings is 1. The summed E-state index contributed by atoms with van der Waals surface area (Å²) in [5.41, 5.74) is 1.24. The summed E-state index contributed by atoms with van der Waals surface area (Å²) in [4.78, 5) is 4.19. The Labute approximate surface area is 128 Å². The molecule has 1 aromatic carbocycles. The summed E-state index contributed by atoms with van der Waals surface area (Å²) >= 11 is 3.53. The third-order valence-electron chi connectivity index (χ3n) is 2.55. The van der Waals surface area contributed by atoms with Gasteiger partial charge >= 0.3 is 0 Å². The Hall–Kier alpha value is -0.300. The molecule has 0 heterocycles. The standard InChI is InChI=1S/C12H16BrN3.HI/c1-14-12(16-10-6-7-10)15-8-9-4-2-3-5-11(9)13;/h2-5,10H,6-8H2,1H3,(H2,14,15,16);1H. The second kappa shape index (κ2) is 7.20. The van der Waals surface area contributed by atoms with E-state index in [0.717, 1.165) is 17.0 Å². The average molecular weight is 410 g/mol. The van der Waals surface area contributed by atoms with E-state index in [9.17, 15) is 0 Å². The summed E-state index contributed by atoms with van der Waals surface area (Å²) in [5, 5.41) is 6.66. The first-order chi connectivity index (χ1) is 7.79. The Kier molecular flexibility index (Phi) is 6.26. The van der Waals surface area contributed by atoms with E-state index in [1.54, 1.807) is 7.05 Å². The van der Waals surface area contributed by atoms with Crippen LogP contribution in [0.3, 0.4) is 0 Å². The molecular weight excluding hydrogens is 393 g/mol. The predicted octanol–water partition coefficient (Wildman–Crippen LogP) is 2.89. The van der Waals surface area contributed by atoms with E-state index in [-0.39, 0.29) is 24.0 Å². The minimum atomic E-state index is 0. The fraction of sp³-hybridized carbons (Fsp3) is 0.417. The largest absolute Gasteiger partial charge is 0.354 e. The van der Waals surface area contributed by atoms with Gasteiger partial charge in [0.1, 0.15) is 0 Å². The van der Waals surface area contributed by atoms with Crippen molar-refractivity contribution >= 4 is 45.9 Å². The van der Waals surface area contributed by atoms with Gasteiger partial charge in [0.25, 0.3) is 0 Å². The summed E-state index contributed by atoms with van der Waals surface area (Å²) in [6.45, 7) is 0.786. The van der Waals surface area contributed by atoms with Gasteiger partial charge in [-0.2, -0.15) is 0 Å². The van der Waals surface area contributed by atoms with Crippen LogP contribution in [0.1, 0.15) is 18.4 Å². The molecule has 1 aliphatic rings. The molecular formula is C12H17BrIN3. The number of halogens is 2. The van der Waals surface area contributed by atoms with Gasteiger partial charge in [-0.15, -0.1) is 24.0 Å². The molecule has 0 unspecified atom stereocenters. The molecule has 5 heteroatoms. The molecule has 0 bridgehead atoms. The highest BCUT2D eigenvalue weighted by Gasteiger charge is 2.21. The van der Waals surface area contributed by atoms with Crippen LogP contribution in [-0.2, 0) is 6.54 Å². The van der Waals surface area contributed by atoms with Crippen molar-refractivity contribution in [2.24, 2.45) is 4.99 Å². The van der Waals surface area contributed by atoms with Gasteiger partial charge in [0.15, 0.2) is 5.96 Å². The zero-order valence-electron chi connectivity index (χ0n) is 9.74. The maximum Gasteiger partial charge on any atom is 0.191 e. The number of hydrogen-bond acceptors (Lipinski definition) is 1. The topological polar surface area (TPSA) is 36.4 Å². The minimum Gasteiger partial charge on any atom is -0.354 e. The Morgan fingerprint density at radius 3 is 2.71 bits per heavy atom. The van der Waals surface area contributed by atoms with E-state index in [4.69, 9.17) is 0 Å². The summed E-state index contributed by atoms with van der Waals surface area (Å²) < 4.78 is 1.13. The normalized spacial score (nSPS) is 15.1. The first kappa shape index (κ1) is 14.8. The molecule has 1 aromatic rings. The summed E-state index contributed by atoms with van der Waals surface area (Å²) in [6.07, 6.45) is 2.52. The van der Waals surface area contributed by atoms with Crippen LogP contribution in [0.25, 0.3) is 0 Å². The molecule has 0 aliphatic heterocycles. The van der Waals surface area contributed by atoms with Crippen molar-refractivity contribution in [2.45, 2.75) is 25.4 Å². The molecule has 1 saturated carbocycles. The maximum absolute atomic E-state index is 4.19. The lowest BCUT2D eigenvalue weighted by atomic mass is 10.2. The SMILES string of the molecule is CN=C(NCc1ccccc1Br)NC1CC1.I. The van der Waals surface area contributed by atoms with Crippen molar-refractivity contribution in [3.63, 3.8) is 0 Å². The summed E-state index contributed by atoms with van der Waals surface area (Å²) in [6, 6.07) is 8.84. The zero-order chi connectivity index (χ0) is 11.4. The number of rotatable bonds is 3. The van der Waals surface area contributed by atoms with E-state index in [0.29, 0.717) is 6.04 Å². The molecule has 0 atom stereocenters. The lowest BCUT2D eigenvalue weighted by Crippen LogP contribution is -2.38. The van der Waals surface area contributed by atoms with Crippen LogP contribution in [0.15, 0.2) is 33.7 Å². The van der Waals surface area contributed by atoms with Gasteiger partial charge in [0.05, 0.1) is 0 Å². The second-order valence-corrected chi connectivity index (χ2v) is 4.79. The third-order valence-corrected chi connectivity index (χ3v) is 3.32. The second-order valence-electron chi connectivity index (χ2n) is 3.94. The van der Waals surface area contributed by atoms with Gasteiger partial charge in [-0.3, -0.25) is 4.99 Å². The van der Waals surface area contributed by atoms with Gasteiger partial charge in [-0.1, -0.05) is 34.1 Å². The quantitative estimate of drug-likeness (QED) is 0.457. The number of nitrogens with zero attached hydrogens (tertiary/aromatic N) is 1. The van der Waals surface area contributed by atoms with E-state index in [2.05, 4.69) is 37.6 Å². The molecule has 2 rings (SSSR count). The first-order valence-electron chi connectivity index (χ1n) is 5.50. The van der Waals surface area contributed by atoms with E-state index in [1.807, 2.05) is 18.2 Å². The Morgan fingerprint density at radius 2 is 2.12 bits per heavy atom. The molecule has 3 nitrogen and oxygen atoms in total. The summed E-state index contributed by atoms with van der Waals surface area (Å²) in [7, 11) is 1.80. The van der Waals surface area contributed by atoms with Crippen LogP contribution >= 0.6 is 39.9 Å². The van der Waals surface area contributed by atoms with Crippen molar-refractivity contribution in [2.75, 3.05) is 7.05 Å². The fourth-order valence-electron chi connectivity index (χ4n) is 1.44. The van der Waals surface area contributed by atoms with Gasteiger partial charge in [-0.05, 0) is 24.5 Å². The first-order valence-corrected chi connectivity index (χ1v) is 6.29. The van der Waals surface area contributed by atoms with Gasteiger partial charge in [0.2, 0.25) is 0 Å². The molecule has 0 spiro atoms. The average Bonchev–Trinajstić information content (AvgIpc) is 3.10. The minimum absolute atomic E-state index is 0. The molecule has 1 fully saturated rings. The van der Waals surface area contributed by atoms with Crippen molar-refractivity contribution < 1.29 is 0 Å². The van der Waals surface area contributed by atoms with E-state index >= 15 is 0 Å². The number of nitrogens with one attached hydrogen (secondary N) is 2. The number of hydrogen-bond donors (Lipinski definition) is 2. The molecule has 0 radical (unpaired) electrons.